The Bertz CT molecular complexity index is 1490. The van der Waals surface area contributed by atoms with Crippen molar-refractivity contribution in [1.29, 1.82) is 0 Å². The third-order valence-electron chi connectivity index (χ3n) is 8.12. The van der Waals surface area contributed by atoms with Crippen LogP contribution >= 0.6 is 23.2 Å². The molecule has 40 heavy (non-hydrogen) atoms. The molecule has 12 heteroatoms. The van der Waals surface area contributed by atoms with Crippen molar-refractivity contribution in [2.75, 3.05) is 28.6 Å². The maximum atomic E-state index is 11.4. The predicted molar refractivity (Wildman–Crippen MR) is 153 cm³/mol. The van der Waals surface area contributed by atoms with Crippen LogP contribution in [-0.2, 0) is 26.3 Å². The second kappa shape index (κ2) is 11.0. The van der Waals surface area contributed by atoms with E-state index in [1.165, 1.54) is 4.90 Å². The van der Waals surface area contributed by atoms with Crippen LogP contribution in [0.25, 0.3) is 11.3 Å². The molecule has 3 aromatic rings. The first-order valence-electron chi connectivity index (χ1n) is 13.3. The number of aromatic nitrogens is 1. The average molecular weight is 607 g/mol. The highest BCUT2D eigenvalue weighted by Crippen LogP contribution is 2.47. The van der Waals surface area contributed by atoms with E-state index in [1.54, 1.807) is 24.3 Å². The first kappa shape index (κ1) is 27.5. The molecule has 3 fully saturated rings. The van der Waals surface area contributed by atoms with Gasteiger partial charge in [-0.15, -0.1) is 0 Å². The quantitative estimate of drug-likeness (QED) is 0.223. The van der Waals surface area contributed by atoms with E-state index in [0.717, 1.165) is 49.2 Å². The Morgan fingerprint density at radius 3 is 2.45 bits per heavy atom. The van der Waals surface area contributed by atoms with Crippen LogP contribution in [0.3, 0.4) is 0 Å². The van der Waals surface area contributed by atoms with Crippen LogP contribution in [0.4, 0.5) is 11.4 Å². The summed E-state index contributed by atoms with van der Waals surface area (Å²) in [5.41, 5.74) is 3.88. The lowest BCUT2D eigenvalue weighted by Crippen LogP contribution is -2.38. The topological polar surface area (TPSA) is 113 Å². The van der Waals surface area contributed by atoms with E-state index in [-0.39, 0.29) is 12.6 Å². The molecule has 2 heterocycles. The first-order valence-corrected chi connectivity index (χ1v) is 15.7. The number of fused-ring (bicyclic) bond motifs is 2. The van der Waals surface area contributed by atoms with E-state index in [4.69, 9.17) is 37.0 Å². The van der Waals surface area contributed by atoms with Gasteiger partial charge in [0.25, 0.3) is 10.1 Å². The Balaban J connectivity index is 1.11. The minimum absolute atomic E-state index is 0.114. The number of piperidine rings is 1. The van der Waals surface area contributed by atoms with E-state index >= 15 is 0 Å². The van der Waals surface area contributed by atoms with Crippen molar-refractivity contribution in [2.24, 2.45) is 5.92 Å². The Hall–Kier alpha value is -2.63. The summed E-state index contributed by atoms with van der Waals surface area (Å²) in [6, 6.07) is 13.2. The number of ether oxygens (including phenoxy) is 1. The number of halogens is 2. The third kappa shape index (κ3) is 5.60. The third-order valence-corrected chi connectivity index (χ3v) is 9.44. The Morgan fingerprint density at radius 2 is 1.85 bits per heavy atom. The summed E-state index contributed by atoms with van der Waals surface area (Å²) in [7, 11) is -4.15. The maximum Gasteiger partial charge on any atom is 0.266 e. The lowest BCUT2D eigenvalue weighted by atomic mass is 10.0. The van der Waals surface area contributed by atoms with Crippen LogP contribution in [0, 0.1) is 5.92 Å². The molecular weight excluding hydrogens is 577 g/mol. The van der Waals surface area contributed by atoms with E-state index < -0.39 is 15.9 Å². The first-order chi connectivity index (χ1) is 19.2. The standard InChI is InChI=1S/C28H29Cl2N3O6S/c29-23-2-1-3-24(30)26(23)27-22(28(39-31-27)17-4-5-17)15-38-25-13-21-12-18(25)14-33(21)20-8-6-19(7-9-20)32(16-34)10-11-40(35,36)37/h1-3,6-9,16-18,21,25H,4-5,10-15H2,(H,35,36,37)/t18-,21-,25+/m0/s1. The van der Waals surface area contributed by atoms with Gasteiger partial charge in [0.05, 0.1) is 28.5 Å². The molecule has 2 aliphatic carbocycles. The smallest absolute Gasteiger partial charge is 0.266 e. The van der Waals surface area contributed by atoms with Gasteiger partial charge in [-0.2, -0.15) is 8.42 Å². The van der Waals surface area contributed by atoms with Crippen molar-refractivity contribution in [3.8, 4) is 11.3 Å². The summed E-state index contributed by atoms with van der Waals surface area (Å²) in [5, 5.41) is 5.42. The lowest BCUT2D eigenvalue weighted by Gasteiger charge is -2.33. The van der Waals surface area contributed by atoms with Crippen molar-refractivity contribution >= 4 is 51.1 Å². The molecule has 3 atom stereocenters. The molecule has 2 bridgehead atoms. The van der Waals surface area contributed by atoms with Crippen LogP contribution in [0.1, 0.15) is 42.9 Å². The summed E-state index contributed by atoms with van der Waals surface area (Å²) >= 11 is 13.0. The minimum Gasteiger partial charge on any atom is -0.373 e. The van der Waals surface area contributed by atoms with Gasteiger partial charge in [0.1, 0.15) is 11.5 Å². The van der Waals surface area contributed by atoms with Crippen molar-refractivity contribution in [3.05, 3.63) is 63.8 Å². The van der Waals surface area contributed by atoms with Crippen LogP contribution in [0.5, 0.6) is 0 Å². The Labute approximate surface area is 242 Å². The fourth-order valence-electron chi connectivity index (χ4n) is 5.96. The second-order valence-electron chi connectivity index (χ2n) is 10.7. The molecule has 1 aromatic heterocycles. The van der Waals surface area contributed by atoms with Gasteiger partial charge in [-0.3, -0.25) is 9.35 Å². The molecule has 0 radical (unpaired) electrons. The van der Waals surface area contributed by atoms with Crippen molar-refractivity contribution in [3.63, 3.8) is 0 Å². The number of hydrogen-bond acceptors (Lipinski definition) is 7. The van der Waals surface area contributed by atoms with Gasteiger partial charge >= 0.3 is 0 Å². The van der Waals surface area contributed by atoms with Gasteiger partial charge in [-0.25, -0.2) is 0 Å². The molecule has 1 saturated heterocycles. The highest BCUT2D eigenvalue weighted by Gasteiger charge is 2.45. The van der Waals surface area contributed by atoms with Crippen LogP contribution in [0.15, 0.2) is 47.0 Å². The molecular formula is C28H29Cl2N3O6S. The van der Waals surface area contributed by atoms with Crippen LogP contribution in [-0.4, -0.2) is 55.5 Å². The fraction of sp³-hybridized carbons (Fsp3) is 0.429. The zero-order valence-corrected chi connectivity index (χ0v) is 23.9. The molecule has 2 saturated carbocycles. The van der Waals surface area contributed by atoms with Gasteiger partial charge in [-0.1, -0.05) is 34.4 Å². The molecule has 0 spiro atoms. The van der Waals surface area contributed by atoms with Gasteiger partial charge in [-0.05, 0) is 62.1 Å². The molecule has 6 rings (SSSR count). The van der Waals surface area contributed by atoms with Crippen LogP contribution < -0.4 is 9.80 Å². The number of anilines is 2. The largest absolute Gasteiger partial charge is 0.373 e. The summed E-state index contributed by atoms with van der Waals surface area (Å²) in [5.74, 6) is 1.09. The van der Waals surface area contributed by atoms with E-state index in [1.807, 2.05) is 18.2 Å². The van der Waals surface area contributed by atoms with Gasteiger partial charge < -0.3 is 19.1 Å². The summed E-state index contributed by atoms with van der Waals surface area (Å²) in [6.07, 6.45) is 4.75. The summed E-state index contributed by atoms with van der Waals surface area (Å²) in [6.45, 7) is 1.13. The van der Waals surface area contributed by atoms with Crippen molar-refractivity contribution in [1.82, 2.24) is 5.16 Å². The van der Waals surface area contributed by atoms with Gasteiger partial charge in [0.15, 0.2) is 0 Å². The molecule has 9 nitrogen and oxygen atoms in total. The number of hydrogen-bond donors (Lipinski definition) is 1. The molecule has 1 N–H and O–H groups in total. The summed E-state index contributed by atoms with van der Waals surface area (Å²) < 4.78 is 43.4. The fourth-order valence-corrected chi connectivity index (χ4v) is 6.96. The number of rotatable bonds is 11. The number of carbonyl (C=O) groups is 1. The van der Waals surface area contributed by atoms with E-state index in [9.17, 15) is 13.2 Å². The average Bonchev–Trinajstić information content (AvgIpc) is 3.37. The van der Waals surface area contributed by atoms with E-state index in [0.29, 0.717) is 57.9 Å². The zero-order valence-electron chi connectivity index (χ0n) is 21.6. The number of nitrogens with zero attached hydrogens (tertiary/aromatic N) is 3. The van der Waals surface area contributed by atoms with Gasteiger partial charge in [0.2, 0.25) is 6.41 Å². The van der Waals surface area contributed by atoms with Crippen LogP contribution in [0.2, 0.25) is 10.0 Å². The molecule has 1 aliphatic heterocycles. The highest BCUT2D eigenvalue weighted by molar-refractivity contribution is 7.85. The molecule has 3 aliphatic rings. The Morgan fingerprint density at radius 1 is 1.12 bits per heavy atom. The summed E-state index contributed by atoms with van der Waals surface area (Å²) in [4.78, 5) is 15.1. The SMILES string of the molecule is O=CN(CCS(=O)(=O)O)c1ccc(N2C[C@@H]3C[C@H]2C[C@H]3OCc2c(-c3c(Cl)cccc3Cl)noc2C2CC2)cc1. The maximum absolute atomic E-state index is 11.4. The molecule has 1 amide bonds. The lowest BCUT2D eigenvalue weighted by molar-refractivity contribution is -0.107. The van der Waals surface area contributed by atoms with Gasteiger partial charge in [0, 0.05) is 53.5 Å². The molecule has 0 unspecified atom stereocenters. The van der Waals surface area contributed by atoms with Crippen molar-refractivity contribution < 1.29 is 27.0 Å². The molecule has 2 aromatic carbocycles. The molecule has 212 valence electrons. The normalized spacial score (nSPS) is 22.2. The number of carbonyl (C=O) groups excluding carboxylic acids is 1. The highest BCUT2D eigenvalue weighted by atomic mass is 35.5. The number of benzene rings is 2. The zero-order chi connectivity index (χ0) is 28.0. The Kier molecular flexibility index (Phi) is 7.56. The number of amides is 1. The van der Waals surface area contributed by atoms with Crippen molar-refractivity contribution in [2.45, 2.75) is 50.4 Å². The second-order valence-corrected chi connectivity index (χ2v) is 13.1. The predicted octanol–water partition coefficient (Wildman–Crippen LogP) is 5.56. The van der Waals surface area contributed by atoms with E-state index in [2.05, 4.69) is 10.1 Å². The monoisotopic (exact) mass is 605 g/mol. The minimum atomic E-state index is -4.15.